The van der Waals surface area contributed by atoms with Crippen molar-refractivity contribution in [2.45, 2.75) is 93.1 Å². The summed E-state index contributed by atoms with van der Waals surface area (Å²) in [6.07, 6.45) is -15.8. The van der Waals surface area contributed by atoms with Crippen LogP contribution in [0.4, 0.5) is 0 Å². The zero-order valence-electron chi connectivity index (χ0n) is 27.2. The van der Waals surface area contributed by atoms with Crippen LogP contribution in [0.25, 0.3) is 0 Å². The second-order valence-corrected chi connectivity index (χ2v) is 13.0. The molecule has 2 aliphatic heterocycles. The third-order valence-electron chi connectivity index (χ3n) is 9.87. The van der Waals surface area contributed by atoms with Crippen molar-refractivity contribution in [2.24, 2.45) is 5.73 Å². The Balaban J connectivity index is 1.32. The SMILES string of the molecule is COc1cccc2c1C(=O)c1c(O)c3c(c(O)c1C2=O)C[C@@](O)(C(=O)CO)C[C@@H]3O[C@H]1C[C@H](N)[C@@H](O[C@@H]2O[C@H](C(=O)O)[C@@H](O)[C@H](O)[C@H]2O)[C@H](C)O1. The number of aliphatic carboxylic acids is 1. The monoisotopic (exact) mass is 719 g/mol. The molecule has 0 amide bonds. The lowest BCUT2D eigenvalue weighted by Crippen LogP contribution is -2.63. The van der Waals surface area contributed by atoms with Gasteiger partial charge in [0.1, 0.15) is 53.9 Å². The van der Waals surface area contributed by atoms with Gasteiger partial charge in [-0.25, -0.2) is 4.79 Å². The molecule has 18 nitrogen and oxygen atoms in total. The summed E-state index contributed by atoms with van der Waals surface area (Å²) in [6, 6.07) is 3.24. The summed E-state index contributed by atoms with van der Waals surface area (Å²) in [7, 11) is 1.28. The highest BCUT2D eigenvalue weighted by Gasteiger charge is 2.52. The molecule has 0 saturated carbocycles. The zero-order valence-corrected chi connectivity index (χ0v) is 27.2. The minimum Gasteiger partial charge on any atom is -0.507 e. The van der Waals surface area contributed by atoms with Crippen molar-refractivity contribution in [3.63, 3.8) is 0 Å². The Hall–Kier alpha value is -4.08. The number of phenols is 2. The van der Waals surface area contributed by atoms with E-state index in [0.29, 0.717) is 0 Å². The van der Waals surface area contributed by atoms with Gasteiger partial charge in [0.15, 0.2) is 30.3 Å². The summed E-state index contributed by atoms with van der Waals surface area (Å²) in [4.78, 5) is 51.9. The molecule has 2 aliphatic carbocycles. The van der Waals surface area contributed by atoms with Gasteiger partial charge in [-0.05, 0) is 13.0 Å². The molecule has 10 N–H and O–H groups in total. The van der Waals surface area contributed by atoms with Crippen molar-refractivity contribution < 1.29 is 83.7 Å². The minimum atomic E-state index is -2.37. The molecule has 2 saturated heterocycles. The molecule has 2 fully saturated rings. The van der Waals surface area contributed by atoms with Crippen molar-refractivity contribution in [3.8, 4) is 17.2 Å². The Morgan fingerprint density at radius 2 is 1.67 bits per heavy atom. The van der Waals surface area contributed by atoms with Crippen molar-refractivity contribution >= 4 is 23.3 Å². The number of ether oxygens (including phenoxy) is 5. The number of carbonyl (C=O) groups is 4. The first-order chi connectivity index (χ1) is 24.0. The van der Waals surface area contributed by atoms with Gasteiger partial charge >= 0.3 is 5.97 Å². The number of carbonyl (C=O) groups excluding carboxylic acids is 3. The first-order valence-electron chi connectivity index (χ1n) is 15.9. The summed E-state index contributed by atoms with van der Waals surface area (Å²) in [5, 5.41) is 84.2. The van der Waals surface area contributed by atoms with Crippen LogP contribution in [-0.4, -0.2) is 139 Å². The molecule has 0 spiro atoms. The van der Waals surface area contributed by atoms with Crippen LogP contribution in [0.15, 0.2) is 18.2 Å². The molecule has 0 unspecified atom stereocenters. The fraction of sp³-hybridized carbons (Fsp3) is 0.515. The van der Waals surface area contributed by atoms with Crippen LogP contribution in [0.1, 0.15) is 68.8 Å². The second-order valence-electron chi connectivity index (χ2n) is 13.0. The van der Waals surface area contributed by atoms with Crippen LogP contribution in [0.2, 0.25) is 0 Å². The smallest absolute Gasteiger partial charge is 0.335 e. The molecule has 4 aliphatic rings. The van der Waals surface area contributed by atoms with Crippen molar-refractivity contribution in [1.29, 1.82) is 0 Å². The predicted molar refractivity (Wildman–Crippen MR) is 165 cm³/mol. The van der Waals surface area contributed by atoms with Crippen LogP contribution in [-0.2, 0) is 35.0 Å². The van der Waals surface area contributed by atoms with E-state index in [1.165, 1.54) is 32.2 Å². The van der Waals surface area contributed by atoms with E-state index in [2.05, 4.69) is 0 Å². The quantitative estimate of drug-likeness (QED) is 0.113. The molecule has 276 valence electrons. The topological polar surface area (TPSA) is 302 Å². The molecule has 2 heterocycles. The normalized spacial score (nSPS) is 34.7. The Morgan fingerprint density at radius 3 is 2.29 bits per heavy atom. The summed E-state index contributed by atoms with van der Waals surface area (Å²) in [6.45, 7) is 0.371. The van der Waals surface area contributed by atoms with Crippen molar-refractivity contribution in [2.75, 3.05) is 13.7 Å². The van der Waals surface area contributed by atoms with Crippen LogP contribution in [0, 0.1) is 0 Å². The standard InChI is InChI=1S/C33H37NO17/c1-10-29(50-32-28(43)26(41)27(42)30(51-32)31(44)45)13(34)6-17(48-10)49-15-8-33(46,16(36)9-35)7-12-19(15)25(40)21-20(23(12)38)22(37)11-4-3-5-14(47-2)18(11)24(21)39/h3-5,10,13,15,17,26-30,32,35,38,40-43,46H,6-9,34H2,1-2H3,(H,44,45)/t10-,13-,15-,17-,26-,27-,28+,29-,30-,32+,33-/m0/s1. The van der Waals surface area contributed by atoms with E-state index in [-0.39, 0.29) is 34.4 Å². The summed E-state index contributed by atoms with van der Waals surface area (Å²) >= 11 is 0. The number of aliphatic hydroxyl groups excluding tert-OH is 4. The molecule has 0 aromatic heterocycles. The van der Waals surface area contributed by atoms with E-state index in [0.717, 1.165) is 0 Å². The van der Waals surface area contributed by atoms with Gasteiger partial charge in [0, 0.05) is 42.0 Å². The van der Waals surface area contributed by atoms with E-state index in [9.17, 15) is 60.0 Å². The maximum Gasteiger partial charge on any atom is 0.335 e. The van der Waals surface area contributed by atoms with Gasteiger partial charge in [-0.3, -0.25) is 14.4 Å². The van der Waals surface area contributed by atoms with Crippen LogP contribution >= 0.6 is 0 Å². The highest BCUT2D eigenvalue weighted by Crippen LogP contribution is 2.52. The maximum atomic E-state index is 13.8. The second kappa shape index (κ2) is 13.5. The van der Waals surface area contributed by atoms with E-state index in [1.54, 1.807) is 0 Å². The van der Waals surface area contributed by atoms with E-state index < -0.39 is 132 Å². The number of methoxy groups -OCH3 is 1. The van der Waals surface area contributed by atoms with Gasteiger partial charge in [0.2, 0.25) is 5.78 Å². The lowest BCUT2D eigenvalue weighted by atomic mass is 9.72. The number of phenolic OH excluding ortho intramolecular Hbond substituents is 2. The van der Waals surface area contributed by atoms with E-state index in [4.69, 9.17) is 29.4 Å². The Morgan fingerprint density at radius 1 is 0.980 bits per heavy atom. The molecule has 2 aromatic carbocycles. The average Bonchev–Trinajstić information content (AvgIpc) is 3.08. The maximum absolute atomic E-state index is 13.8. The molecular formula is C33H37NO17. The molecular weight excluding hydrogens is 682 g/mol. The largest absolute Gasteiger partial charge is 0.507 e. The molecule has 11 atom stereocenters. The lowest BCUT2D eigenvalue weighted by molar-refractivity contribution is -0.328. The number of hydrogen-bond acceptors (Lipinski definition) is 17. The lowest BCUT2D eigenvalue weighted by Gasteiger charge is -2.45. The number of carboxylic acids is 1. The van der Waals surface area contributed by atoms with Gasteiger partial charge in [0.25, 0.3) is 0 Å². The number of nitrogens with two attached hydrogens (primary N) is 1. The number of aliphatic hydroxyl groups is 5. The highest BCUT2D eigenvalue weighted by molar-refractivity contribution is 6.31. The minimum absolute atomic E-state index is 0.0366. The van der Waals surface area contributed by atoms with Gasteiger partial charge < -0.3 is 70.3 Å². The number of ketones is 3. The third-order valence-corrected chi connectivity index (χ3v) is 9.87. The number of carboxylic acid groups (broad SMARTS) is 1. The van der Waals surface area contributed by atoms with Crippen LogP contribution in [0.3, 0.4) is 0 Å². The Labute approximate surface area is 288 Å². The van der Waals surface area contributed by atoms with E-state index >= 15 is 0 Å². The van der Waals surface area contributed by atoms with Gasteiger partial charge in [0.05, 0.1) is 36.0 Å². The molecule has 0 bridgehead atoms. The Kier molecular flexibility index (Phi) is 9.70. The number of benzene rings is 2. The molecule has 51 heavy (non-hydrogen) atoms. The van der Waals surface area contributed by atoms with Crippen molar-refractivity contribution in [3.05, 3.63) is 51.6 Å². The Bertz CT molecular complexity index is 1770. The zero-order chi connectivity index (χ0) is 37.3. The number of hydrogen-bond donors (Lipinski definition) is 9. The molecule has 0 radical (unpaired) electrons. The molecule has 18 heteroatoms. The number of Topliss-reactive ketones (excluding diaryl/α,β-unsaturated/α-hetero) is 1. The van der Waals surface area contributed by atoms with Gasteiger partial charge in [-0.2, -0.15) is 0 Å². The average molecular weight is 720 g/mol. The molecule has 6 rings (SSSR count). The fourth-order valence-corrected chi connectivity index (χ4v) is 7.27. The fourth-order valence-electron chi connectivity index (χ4n) is 7.27. The van der Waals surface area contributed by atoms with Gasteiger partial charge in [-0.1, -0.05) is 12.1 Å². The first kappa shape index (κ1) is 36.7. The van der Waals surface area contributed by atoms with Crippen molar-refractivity contribution in [1.82, 2.24) is 0 Å². The number of fused-ring (bicyclic) bond motifs is 3. The van der Waals surface area contributed by atoms with Crippen LogP contribution < -0.4 is 10.5 Å². The van der Waals surface area contributed by atoms with E-state index in [1.807, 2.05) is 0 Å². The third kappa shape index (κ3) is 5.96. The first-order valence-corrected chi connectivity index (χ1v) is 15.9. The summed E-state index contributed by atoms with van der Waals surface area (Å²) in [5.74, 6) is -5.87. The predicted octanol–water partition coefficient (Wildman–Crippen LogP) is -2.08. The summed E-state index contributed by atoms with van der Waals surface area (Å²) in [5.41, 5.74) is 2.12. The molecule has 2 aromatic rings. The van der Waals surface area contributed by atoms with Gasteiger partial charge in [-0.15, -0.1) is 0 Å². The summed E-state index contributed by atoms with van der Waals surface area (Å²) < 4.78 is 28.3. The highest BCUT2D eigenvalue weighted by atomic mass is 16.7. The number of aromatic hydroxyl groups is 2. The van der Waals surface area contributed by atoms with Crippen LogP contribution in [0.5, 0.6) is 17.2 Å². The number of rotatable bonds is 8.